The molecule has 0 spiro atoms. The van der Waals surface area contributed by atoms with Gasteiger partial charge in [0.15, 0.2) is 0 Å². The first kappa shape index (κ1) is 13.6. The third-order valence-corrected chi connectivity index (χ3v) is 5.36. The van der Waals surface area contributed by atoms with Crippen molar-refractivity contribution in [2.24, 2.45) is 11.8 Å². The molecule has 1 aromatic carbocycles. The van der Waals surface area contributed by atoms with Gasteiger partial charge in [0.1, 0.15) is 0 Å². The van der Waals surface area contributed by atoms with Gasteiger partial charge in [-0.2, -0.15) is 0 Å². The van der Waals surface area contributed by atoms with E-state index in [4.69, 9.17) is 0 Å². The Balaban J connectivity index is 1.89. The predicted octanol–water partition coefficient (Wildman–Crippen LogP) is 2.37. The van der Waals surface area contributed by atoms with Crippen molar-refractivity contribution in [3.63, 3.8) is 0 Å². The molecule has 2 unspecified atom stereocenters. The molecule has 2 saturated heterocycles. The summed E-state index contributed by atoms with van der Waals surface area (Å²) in [5.41, 5.74) is 3.21. The molecule has 3 rings (SSSR count). The van der Waals surface area contributed by atoms with E-state index in [9.17, 15) is 4.79 Å². The average molecular weight is 272 g/mol. The molecule has 20 heavy (non-hydrogen) atoms. The van der Waals surface area contributed by atoms with Crippen molar-refractivity contribution < 1.29 is 4.79 Å². The number of hydrogen-bond acceptors (Lipinski definition) is 2. The van der Waals surface area contributed by atoms with Crippen LogP contribution in [0.25, 0.3) is 0 Å². The quantitative estimate of drug-likeness (QED) is 0.851. The van der Waals surface area contributed by atoms with Gasteiger partial charge in [-0.3, -0.25) is 4.79 Å². The zero-order chi connectivity index (χ0) is 14.5. The average Bonchev–Trinajstić information content (AvgIpc) is 2.95. The molecule has 2 fully saturated rings. The summed E-state index contributed by atoms with van der Waals surface area (Å²) in [5.74, 6) is 1.38. The Kier molecular flexibility index (Phi) is 3.13. The maximum atomic E-state index is 12.9. The number of amides is 1. The second-order valence-corrected chi connectivity index (χ2v) is 6.89. The number of nitrogens with one attached hydrogen (secondary N) is 1. The third-order valence-electron chi connectivity index (χ3n) is 5.36. The second kappa shape index (κ2) is 4.59. The predicted molar refractivity (Wildman–Crippen MR) is 80.9 cm³/mol. The summed E-state index contributed by atoms with van der Waals surface area (Å²) in [6.45, 7) is 11.5. The van der Waals surface area contributed by atoms with Gasteiger partial charge < -0.3 is 10.2 Å². The zero-order valence-electron chi connectivity index (χ0n) is 12.9. The van der Waals surface area contributed by atoms with E-state index in [1.54, 1.807) is 0 Å². The van der Waals surface area contributed by atoms with Gasteiger partial charge >= 0.3 is 0 Å². The van der Waals surface area contributed by atoms with Crippen LogP contribution in [0, 0.1) is 25.7 Å². The molecule has 1 amide bonds. The minimum absolute atomic E-state index is 0.0515. The van der Waals surface area contributed by atoms with Crippen LogP contribution in [-0.2, 0) is 0 Å². The molecule has 0 aromatic heterocycles. The second-order valence-electron chi connectivity index (χ2n) is 6.89. The highest BCUT2D eigenvalue weighted by Crippen LogP contribution is 2.41. The molecule has 2 heterocycles. The normalized spacial score (nSPS) is 27.7. The number of fused-ring (bicyclic) bond motifs is 1. The zero-order valence-corrected chi connectivity index (χ0v) is 12.9. The molecule has 2 aliphatic heterocycles. The van der Waals surface area contributed by atoms with Crippen LogP contribution in [0.3, 0.4) is 0 Å². The van der Waals surface area contributed by atoms with Crippen molar-refractivity contribution in [1.29, 1.82) is 0 Å². The molecule has 0 aliphatic carbocycles. The van der Waals surface area contributed by atoms with E-state index in [0.29, 0.717) is 11.8 Å². The maximum absolute atomic E-state index is 12.9. The van der Waals surface area contributed by atoms with E-state index >= 15 is 0 Å². The molecule has 1 aromatic rings. The molecule has 0 bridgehead atoms. The number of rotatable bonds is 1. The molecule has 3 heteroatoms. The molecule has 108 valence electrons. The summed E-state index contributed by atoms with van der Waals surface area (Å²) in [6.07, 6.45) is 0. The Morgan fingerprint density at radius 3 is 2.65 bits per heavy atom. The Labute approximate surface area is 121 Å². The fraction of sp³-hybridized carbons (Fsp3) is 0.588. The standard InChI is InChI=1S/C17H24N2O/c1-11-5-6-13(7-12(11)2)16(20)19-10-14-8-18-9-15(14)17(19,3)4/h5-7,14-15,18H,8-10H2,1-4H3. The lowest BCUT2D eigenvalue weighted by molar-refractivity contribution is 0.0603. The van der Waals surface area contributed by atoms with Crippen molar-refractivity contribution in [2.45, 2.75) is 33.2 Å². The van der Waals surface area contributed by atoms with Crippen molar-refractivity contribution in [1.82, 2.24) is 10.2 Å². The highest BCUT2D eigenvalue weighted by molar-refractivity contribution is 5.95. The SMILES string of the molecule is Cc1ccc(C(=O)N2CC3CNCC3C2(C)C)cc1C. The number of likely N-dealkylation sites (tertiary alicyclic amines) is 1. The number of benzene rings is 1. The Hall–Kier alpha value is -1.35. The number of carbonyl (C=O) groups is 1. The number of aryl methyl sites for hydroxylation is 2. The van der Waals surface area contributed by atoms with Crippen LogP contribution in [0.5, 0.6) is 0 Å². The monoisotopic (exact) mass is 272 g/mol. The highest BCUT2D eigenvalue weighted by atomic mass is 16.2. The largest absolute Gasteiger partial charge is 0.333 e. The summed E-state index contributed by atoms with van der Waals surface area (Å²) in [4.78, 5) is 15.0. The molecule has 0 radical (unpaired) electrons. The van der Waals surface area contributed by atoms with Crippen molar-refractivity contribution >= 4 is 5.91 Å². The lowest BCUT2D eigenvalue weighted by Crippen LogP contribution is -2.47. The van der Waals surface area contributed by atoms with Crippen LogP contribution in [0.2, 0.25) is 0 Å². The fourth-order valence-corrected chi connectivity index (χ4v) is 3.80. The summed E-state index contributed by atoms with van der Waals surface area (Å²) in [6, 6.07) is 6.04. The number of nitrogens with zero attached hydrogens (tertiary/aromatic N) is 1. The van der Waals surface area contributed by atoms with Crippen LogP contribution < -0.4 is 5.32 Å². The Morgan fingerprint density at radius 2 is 2.00 bits per heavy atom. The lowest BCUT2D eigenvalue weighted by Gasteiger charge is -2.35. The van der Waals surface area contributed by atoms with Gasteiger partial charge in [0.25, 0.3) is 5.91 Å². The van der Waals surface area contributed by atoms with Gasteiger partial charge in [-0.05, 0) is 62.8 Å². The molecule has 3 nitrogen and oxygen atoms in total. The fourth-order valence-electron chi connectivity index (χ4n) is 3.80. The Morgan fingerprint density at radius 1 is 1.25 bits per heavy atom. The third kappa shape index (κ3) is 1.96. The molecule has 0 saturated carbocycles. The van der Waals surface area contributed by atoms with Crippen LogP contribution in [0.4, 0.5) is 0 Å². The smallest absolute Gasteiger partial charge is 0.254 e. The van der Waals surface area contributed by atoms with E-state index in [0.717, 1.165) is 25.2 Å². The number of hydrogen-bond donors (Lipinski definition) is 1. The van der Waals surface area contributed by atoms with Gasteiger partial charge in [-0.15, -0.1) is 0 Å². The van der Waals surface area contributed by atoms with Crippen LogP contribution in [-0.4, -0.2) is 36.0 Å². The molecular formula is C17H24N2O. The summed E-state index contributed by atoms with van der Waals surface area (Å²) < 4.78 is 0. The lowest BCUT2D eigenvalue weighted by atomic mass is 9.84. The van der Waals surface area contributed by atoms with E-state index in [-0.39, 0.29) is 11.4 Å². The van der Waals surface area contributed by atoms with E-state index in [1.165, 1.54) is 11.1 Å². The van der Waals surface area contributed by atoms with Gasteiger partial charge in [0, 0.05) is 30.7 Å². The van der Waals surface area contributed by atoms with Gasteiger partial charge in [-0.1, -0.05) is 6.07 Å². The maximum Gasteiger partial charge on any atom is 0.254 e. The molecule has 1 N–H and O–H groups in total. The van der Waals surface area contributed by atoms with Crippen LogP contribution in [0.1, 0.15) is 35.3 Å². The number of carbonyl (C=O) groups excluding carboxylic acids is 1. The van der Waals surface area contributed by atoms with Crippen molar-refractivity contribution in [2.75, 3.05) is 19.6 Å². The summed E-state index contributed by atoms with van der Waals surface area (Å²) >= 11 is 0. The molecule has 2 atom stereocenters. The van der Waals surface area contributed by atoms with Crippen molar-refractivity contribution in [3.05, 3.63) is 34.9 Å². The Bertz CT molecular complexity index is 550. The first-order valence-corrected chi connectivity index (χ1v) is 7.51. The van der Waals surface area contributed by atoms with Crippen LogP contribution >= 0.6 is 0 Å². The molecule has 2 aliphatic rings. The molecular weight excluding hydrogens is 248 g/mol. The van der Waals surface area contributed by atoms with Crippen molar-refractivity contribution in [3.8, 4) is 0 Å². The van der Waals surface area contributed by atoms with Gasteiger partial charge in [-0.25, -0.2) is 0 Å². The first-order chi connectivity index (χ1) is 9.41. The highest BCUT2D eigenvalue weighted by Gasteiger charge is 2.51. The summed E-state index contributed by atoms with van der Waals surface area (Å²) in [7, 11) is 0. The van der Waals surface area contributed by atoms with Gasteiger partial charge in [0.2, 0.25) is 0 Å². The van der Waals surface area contributed by atoms with E-state index in [1.807, 2.05) is 18.2 Å². The van der Waals surface area contributed by atoms with Gasteiger partial charge in [0.05, 0.1) is 0 Å². The van der Waals surface area contributed by atoms with Crippen LogP contribution in [0.15, 0.2) is 18.2 Å². The van der Waals surface area contributed by atoms with E-state index in [2.05, 4.69) is 37.9 Å². The minimum Gasteiger partial charge on any atom is -0.333 e. The topological polar surface area (TPSA) is 32.3 Å². The minimum atomic E-state index is -0.0515. The first-order valence-electron chi connectivity index (χ1n) is 7.51. The van der Waals surface area contributed by atoms with E-state index < -0.39 is 0 Å². The summed E-state index contributed by atoms with van der Waals surface area (Å²) in [5, 5.41) is 3.46.